The van der Waals surface area contributed by atoms with Crippen LogP contribution in [0.1, 0.15) is 46.0 Å². The number of nitrogens with zero attached hydrogens (tertiary/aromatic N) is 2. The minimum atomic E-state index is -0.102. The fourth-order valence-corrected chi connectivity index (χ4v) is 5.92. The lowest BCUT2D eigenvalue weighted by molar-refractivity contribution is -0.134. The minimum Gasteiger partial charge on any atom is -0.378 e. The number of carbonyl (C=O) groups is 2. The number of morpholine rings is 1. The number of para-hydroxylation sites is 2. The van der Waals surface area contributed by atoms with Crippen molar-refractivity contribution in [3.63, 3.8) is 0 Å². The van der Waals surface area contributed by atoms with E-state index in [0.717, 1.165) is 48.3 Å². The number of ether oxygens (including phenoxy) is 1. The Morgan fingerprint density at radius 2 is 1.94 bits per heavy atom. The summed E-state index contributed by atoms with van der Waals surface area (Å²) in [7, 11) is 0. The van der Waals surface area contributed by atoms with E-state index in [2.05, 4.69) is 48.3 Å². The molecule has 2 aliphatic carbocycles. The number of amides is 1. The number of fused-ring (bicyclic) bond motifs is 1. The first kappa shape index (κ1) is 22.2. The van der Waals surface area contributed by atoms with E-state index in [-0.39, 0.29) is 29.7 Å². The van der Waals surface area contributed by atoms with Crippen LogP contribution in [0.2, 0.25) is 0 Å². The molecule has 2 heterocycles. The van der Waals surface area contributed by atoms with Gasteiger partial charge in [-0.05, 0) is 49.1 Å². The van der Waals surface area contributed by atoms with Gasteiger partial charge in [0.2, 0.25) is 5.91 Å². The van der Waals surface area contributed by atoms with Crippen molar-refractivity contribution in [2.24, 2.45) is 11.3 Å². The maximum atomic E-state index is 13.7. The predicted molar refractivity (Wildman–Crippen MR) is 130 cm³/mol. The lowest BCUT2D eigenvalue weighted by Crippen LogP contribution is -2.52. The number of nitrogens with one attached hydrogen (secondary N) is 1. The summed E-state index contributed by atoms with van der Waals surface area (Å²) < 4.78 is 5.46. The van der Waals surface area contributed by atoms with Gasteiger partial charge in [-0.3, -0.25) is 9.59 Å². The monoisotopic (exact) mass is 449 g/mol. The van der Waals surface area contributed by atoms with Gasteiger partial charge in [-0.1, -0.05) is 38.1 Å². The van der Waals surface area contributed by atoms with Gasteiger partial charge in [0.1, 0.15) is 0 Å². The lowest BCUT2D eigenvalue weighted by Gasteiger charge is -2.42. The summed E-state index contributed by atoms with van der Waals surface area (Å²) >= 11 is 0. The van der Waals surface area contributed by atoms with Crippen molar-refractivity contribution < 1.29 is 14.3 Å². The van der Waals surface area contributed by atoms with Crippen LogP contribution in [0, 0.1) is 11.3 Å². The Labute approximate surface area is 196 Å². The summed E-state index contributed by atoms with van der Waals surface area (Å²) in [6.45, 7) is 7.05. The Bertz CT molecular complexity index is 990. The molecule has 0 saturated carbocycles. The van der Waals surface area contributed by atoms with E-state index in [1.165, 1.54) is 0 Å². The van der Waals surface area contributed by atoms with Crippen molar-refractivity contribution in [3.05, 3.63) is 47.7 Å². The van der Waals surface area contributed by atoms with Crippen molar-refractivity contribution in [2.75, 3.05) is 43.1 Å². The van der Waals surface area contributed by atoms with Crippen molar-refractivity contribution in [2.45, 2.75) is 52.0 Å². The van der Waals surface area contributed by atoms with Crippen LogP contribution >= 0.6 is 0 Å². The summed E-state index contributed by atoms with van der Waals surface area (Å²) in [4.78, 5) is 31.3. The van der Waals surface area contributed by atoms with Crippen LogP contribution in [0.5, 0.6) is 0 Å². The molecular formula is C27H35N3O3. The van der Waals surface area contributed by atoms with E-state index in [1.807, 2.05) is 17.0 Å². The predicted octanol–water partition coefficient (Wildman–Crippen LogP) is 4.15. The molecule has 0 bridgehead atoms. The van der Waals surface area contributed by atoms with Crippen LogP contribution in [0.4, 0.5) is 11.4 Å². The Balaban J connectivity index is 1.60. The molecule has 0 radical (unpaired) electrons. The second kappa shape index (κ2) is 8.98. The molecule has 0 unspecified atom stereocenters. The van der Waals surface area contributed by atoms with Crippen LogP contribution in [-0.4, -0.2) is 55.5 Å². The molecule has 0 aromatic heterocycles. The number of carbonyl (C=O) groups excluding carboxylic acids is 2. The van der Waals surface area contributed by atoms with E-state index >= 15 is 0 Å². The number of hydrogen-bond acceptors (Lipinski definition) is 5. The van der Waals surface area contributed by atoms with E-state index < -0.39 is 0 Å². The van der Waals surface area contributed by atoms with Gasteiger partial charge in [0.25, 0.3) is 0 Å². The molecule has 6 nitrogen and oxygen atoms in total. The zero-order valence-electron chi connectivity index (χ0n) is 19.8. The molecule has 4 aliphatic rings. The average molecular weight is 450 g/mol. The third-order valence-corrected chi connectivity index (χ3v) is 7.48. The van der Waals surface area contributed by atoms with E-state index in [9.17, 15) is 9.59 Å². The highest BCUT2D eigenvalue weighted by atomic mass is 16.5. The molecule has 2 aliphatic heterocycles. The smallest absolute Gasteiger partial charge is 0.242 e. The second-order valence-corrected chi connectivity index (χ2v) is 10.6. The first-order chi connectivity index (χ1) is 15.9. The zero-order valence-corrected chi connectivity index (χ0v) is 19.8. The maximum absolute atomic E-state index is 13.7. The molecule has 1 aromatic carbocycles. The number of benzene rings is 1. The Morgan fingerprint density at radius 3 is 2.70 bits per heavy atom. The van der Waals surface area contributed by atoms with Crippen molar-refractivity contribution in [1.29, 1.82) is 0 Å². The van der Waals surface area contributed by atoms with E-state index in [0.29, 0.717) is 38.6 Å². The Morgan fingerprint density at radius 1 is 1.15 bits per heavy atom. The van der Waals surface area contributed by atoms with E-state index in [4.69, 9.17) is 4.74 Å². The zero-order chi connectivity index (χ0) is 23.0. The molecule has 1 fully saturated rings. The molecule has 33 heavy (non-hydrogen) atoms. The minimum absolute atomic E-state index is 0.0757. The molecule has 1 saturated heterocycles. The van der Waals surface area contributed by atoms with Crippen LogP contribution in [0.15, 0.2) is 47.7 Å². The molecular weight excluding hydrogens is 414 g/mol. The quantitative estimate of drug-likeness (QED) is 0.703. The van der Waals surface area contributed by atoms with Crippen LogP contribution in [-0.2, 0) is 14.3 Å². The van der Waals surface area contributed by atoms with Gasteiger partial charge in [-0.15, -0.1) is 0 Å². The van der Waals surface area contributed by atoms with Crippen molar-refractivity contribution in [1.82, 2.24) is 4.90 Å². The van der Waals surface area contributed by atoms with Crippen LogP contribution in [0.25, 0.3) is 0 Å². The summed E-state index contributed by atoms with van der Waals surface area (Å²) in [5, 5.41) is 3.65. The molecule has 1 amide bonds. The molecule has 176 valence electrons. The summed E-state index contributed by atoms with van der Waals surface area (Å²) in [6, 6.07) is 8.11. The van der Waals surface area contributed by atoms with Crippen LogP contribution < -0.4 is 10.2 Å². The van der Waals surface area contributed by atoms with Crippen molar-refractivity contribution >= 4 is 23.1 Å². The number of rotatable bonds is 3. The standard InChI is InChI=1S/C27H35N3O3/c1-27(2)16-21-25(23(31)17-27)26(19-8-4-3-5-9-19)30(22-11-7-6-10-20(22)28-21)18-24(32)29-12-14-33-15-13-29/h3-4,6-7,10-11,19,26,28H,5,8-9,12-18H2,1-2H3/t19-,26-/m1/s1. The number of allylic oxidation sites excluding steroid dienone is 3. The van der Waals surface area contributed by atoms with Gasteiger partial charge in [0, 0.05) is 30.8 Å². The van der Waals surface area contributed by atoms with Gasteiger partial charge in [0.05, 0.1) is 37.2 Å². The molecule has 5 rings (SSSR count). The van der Waals surface area contributed by atoms with Crippen LogP contribution in [0.3, 0.4) is 0 Å². The second-order valence-electron chi connectivity index (χ2n) is 10.6. The van der Waals surface area contributed by atoms with Gasteiger partial charge in [-0.2, -0.15) is 0 Å². The normalized spacial score (nSPS) is 26.9. The SMILES string of the molecule is CC1(C)CC(=O)C2=C(C1)Nc1ccccc1N(CC(=O)N1CCOCC1)[C@@H]2[C@@H]1CC=CCC1. The number of ketones is 1. The van der Waals surface area contributed by atoms with E-state index in [1.54, 1.807) is 0 Å². The Hall–Kier alpha value is -2.60. The molecule has 2 atom stereocenters. The first-order valence-corrected chi connectivity index (χ1v) is 12.3. The fourth-order valence-electron chi connectivity index (χ4n) is 5.92. The highest BCUT2D eigenvalue weighted by Crippen LogP contribution is 2.46. The largest absolute Gasteiger partial charge is 0.378 e. The van der Waals surface area contributed by atoms with Gasteiger partial charge in [0.15, 0.2) is 5.78 Å². The summed E-state index contributed by atoms with van der Waals surface area (Å²) in [6.07, 6.45) is 8.85. The maximum Gasteiger partial charge on any atom is 0.242 e. The van der Waals surface area contributed by atoms with Crippen molar-refractivity contribution in [3.8, 4) is 0 Å². The summed E-state index contributed by atoms with van der Waals surface area (Å²) in [5.74, 6) is 0.637. The number of hydrogen-bond donors (Lipinski definition) is 1. The lowest BCUT2D eigenvalue weighted by atomic mass is 9.71. The number of Topliss-reactive ketones (excluding diaryl/α,β-unsaturated/α-hetero) is 1. The third-order valence-electron chi connectivity index (χ3n) is 7.48. The van der Waals surface area contributed by atoms with Gasteiger partial charge >= 0.3 is 0 Å². The Kier molecular flexibility index (Phi) is 6.04. The first-order valence-electron chi connectivity index (χ1n) is 12.3. The topological polar surface area (TPSA) is 61.9 Å². The van der Waals surface area contributed by atoms with Gasteiger partial charge in [-0.25, -0.2) is 0 Å². The number of anilines is 2. The molecule has 0 spiro atoms. The third kappa shape index (κ3) is 4.45. The molecule has 6 heteroatoms. The molecule has 1 N–H and O–H groups in total. The van der Waals surface area contributed by atoms with Gasteiger partial charge < -0.3 is 19.9 Å². The average Bonchev–Trinajstić information content (AvgIpc) is 2.94. The fraction of sp³-hybridized carbons (Fsp3) is 0.556. The summed E-state index contributed by atoms with van der Waals surface area (Å²) in [5.41, 5.74) is 3.87. The molecule has 1 aromatic rings. The highest BCUT2D eigenvalue weighted by Gasteiger charge is 2.44. The highest BCUT2D eigenvalue weighted by molar-refractivity contribution is 6.01.